The fourth-order valence-corrected chi connectivity index (χ4v) is 5.25. The summed E-state index contributed by atoms with van der Waals surface area (Å²) >= 11 is 0. The topological polar surface area (TPSA) is 46.2 Å². The van der Waals surface area contributed by atoms with Gasteiger partial charge in [0.05, 0.1) is 0 Å². The molecule has 3 rings (SSSR count). The van der Waals surface area contributed by atoms with Gasteiger partial charge in [-0.2, -0.15) is 0 Å². The molecule has 5 nitrogen and oxygen atoms in total. The molecule has 0 aromatic heterocycles. The van der Waals surface area contributed by atoms with E-state index in [1.165, 1.54) is 0 Å². The molecule has 1 saturated heterocycles. The SMILES string of the molecule is Fc1ccc(O[P-]23(F)(OCCO2)OC(C(F)(F)F)=C(C(F)(F)F)O3)cc1. The van der Waals surface area contributed by atoms with E-state index in [1.54, 1.807) is 0 Å². The zero-order valence-corrected chi connectivity index (χ0v) is 13.1. The van der Waals surface area contributed by atoms with Crippen molar-refractivity contribution in [2.75, 3.05) is 13.2 Å². The van der Waals surface area contributed by atoms with Gasteiger partial charge in [-0.25, -0.2) is 0 Å². The Morgan fingerprint density at radius 2 is 1.23 bits per heavy atom. The summed E-state index contributed by atoms with van der Waals surface area (Å²) in [5, 5.41) is 0. The molecule has 0 saturated carbocycles. The molecule has 0 aliphatic carbocycles. The van der Waals surface area contributed by atoms with Crippen LogP contribution >= 0.6 is 7.39 Å². The van der Waals surface area contributed by atoms with Crippen LogP contribution in [-0.4, -0.2) is 25.6 Å². The van der Waals surface area contributed by atoms with Gasteiger partial charge < -0.3 is 0 Å². The molecule has 26 heavy (non-hydrogen) atoms. The van der Waals surface area contributed by atoms with Crippen molar-refractivity contribution >= 4 is 7.39 Å². The van der Waals surface area contributed by atoms with Crippen LogP contribution in [0.25, 0.3) is 0 Å². The predicted octanol–water partition coefficient (Wildman–Crippen LogP) is 5.18. The third-order valence-electron chi connectivity index (χ3n) is 3.16. The molecule has 0 bridgehead atoms. The van der Waals surface area contributed by atoms with Gasteiger partial charge in [0.15, 0.2) is 0 Å². The Morgan fingerprint density at radius 1 is 0.808 bits per heavy atom. The van der Waals surface area contributed by atoms with Gasteiger partial charge >= 0.3 is 138 Å². The van der Waals surface area contributed by atoms with E-state index in [0.717, 1.165) is 0 Å². The van der Waals surface area contributed by atoms with Crippen molar-refractivity contribution in [1.82, 2.24) is 0 Å². The van der Waals surface area contributed by atoms with E-state index in [0.29, 0.717) is 24.3 Å². The van der Waals surface area contributed by atoms with E-state index in [2.05, 4.69) is 22.6 Å². The molecule has 1 fully saturated rings. The molecule has 0 amide bonds. The molecule has 2 aliphatic rings. The fourth-order valence-electron chi connectivity index (χ4n) is 2.21. The summed E-state index contributed by atoms with van der Waals surface area (Å²) in [4.78, 5) is 0. The fraction of sp³-hybridized carbons (Fsp3) is 0.333. The number of hydrogen-bond donors (Lipinski definition) is 0. The van der Waals surface area contributed by atoms with Crippen molar-refractivity contribution in [3.8, 4) is 5.75 Å². The molecule has 2 aliphatic heterocycles. The number of allylic oxidation sites excluding steroid dienone is 2. The van der Waals surface area contributed by atoms with Crippen LogP contribution in [0.3, 0.4) is 0 Å². The molecule has 148 valence electrons. The third kappa shape index (κ3) is 2.93. The molecule has 1 aromatic carbocycles. The van der Waals surface area contributed by atoms with Gasteiger partial charge in [-0.05, 0) is 0 Å². The summed E-state index contributed by atoms with van der Waals surface area (Å²) in [5.41, 5.74) is 0. The average molecular weight is 415 g/mol. The van der Waals surface area contributed by atoms with Crippen LogP contribution in [0.15, 0.2) is 35.8 Å². The van der Waals surface area contributed by atoms with Gasteiger partial charge in [0, 0.05) is 0 Å². The van der Waals surface area contributed by atoms with Gasteiger partial charge in [0.1, 0.15) is 0 Å². The molecule has 0 N–H and O–H groups in total. The molecule has 0 atom stereocenters. The second kappa shape index (κ2) is 4.90. The summed E-state index contributed by atoms with van der Waals surface area (Å²) in [6.45, 7) is -1.66. The number of benzene rings is 1. The van der Waals surface area contributed by atoms with E-state index in [4.69, 9.17) is 0 Å². The van der Waals surface area contributed by atoms with Crippen LogP contribution in [0.4, 0.5) is 34.9 Å². The van der Waals surface area contributed by atoms with Crippen LogP contribution in [0.2, 0.25) is 0 Å². The number of hydrogen-bond acceptors (Lipinski definition) is 5. The van der Waals surface area contributed by atoms with E-state index >= 15 is 4.20 Å². The monoisotopic (exact) mass is 415 g/mol. The molecule has 14 heteroatoms. The van der Waals surface area contributed by atoms with Gasteiger partial charge in [0.2, 0.25) is 0 Å². The van der Waals surface area contributed by atoms with Crippen molar-refractivity contribution in [1.29, 1.82) is 0 Å². The van der Waals surface area contributed by atoms with Crippen molar-refractivity contribution in [2.24, 2.45) is 0 Å². The second-order valence-electron chi connectivity index (χ2n) is 5.14. The first-order chi connectivity index (χ1) is 11.7. The molecular weight excluding hydrogens is 407 g/mol. The van der Waals surface area contributed by atoms with Crippen LogP contribution in [0, 0.1) is 5.82 Å². The molecular formula is C12H8F8O5P-. The first kappa shape index (κ1) is 18.9. The maximum atomic E-state index is 15.8. The number of rotatable bonds is 2. The normalized spacial score (nSPS) is 26.3. The summed E-state index contributed by atoms with van der Waals surface area (Å²) in [7, 11) is -7.99. The molecule has 0 unspecified atom stereocenters. The third-order valence-corrected chi connectivity index (χ3v) is 6.24. The van der Waals surface area contributed by atoms with Crippen molar-refractivity contribution < 1.29 is 57.5 Å². The van der Waals surface area contributed by atoms with Crippen LogP contribution < -0.4 is 4.52 Å². The molecule has 2 heterocycles. The Morgan fingerprint density at radius 3 is 1.62 bits per heavy atom. The molecule has 0 radical (unpaired) electrons. The maximum absolute atomic E-state index is 15.8. The van der Waals surface area contributed by atoms with Crippen LogP contribution in [-0.2, 0) is 18.1 Å². The van der Waals surface area contributed by atoms with Gasteiger partial charge in [-0.1, -0.05) is 0 Å². The van der Waals surface area contributed by atoms with E-state index in [1.807, 2.05) is 0 Å². The summed E-state index contributed by atoms with van der Waals surface area (Å²) in [6.07, 6.45) is -11.6. The van der Waals surface area contributed by atoms with Crippen molar-refractivity contribution in [2.45, 2.75) is 12.4 Å². The molecule has 1 aromatic rings. The van der Waals surface area contributed by atoms with Gasteiger partial charge in [-0.3, -0.25) is 0 Å². The number of alkyl halides is 6. The quantitative estimate of drug-likeness (QED) is 0.492. The Bertz CT molecular complexity index is 748. The van der Waals surface area contributed by atoms with Crippen molar-refractivity contribution in [3.63, 3.8) is 0 Å². The molecule has 1 spiro atoms. The average Bonchev–Trinajstić information content (AvgIpc) is 3.00. The Kier molecular flexibility index (Phi) is 3.57. The Labute approximate surface area is 139 Å². The van der Waals surface area contributed by atoms with Gasteiger partial charge in [-0.15, -0.1) is 0 Å². The Balaban J connectivity index is 2.14. The van der Waals surface area contributed by atoms with E-state index in [9.17, 15) is 30.7 Å². The first-order valence-corrected chi connectivity index (χ1v) is 8.83. The standard InChI is InChI=1S/C12H8F8O5P/c13-7-1-3-8(4-2-7)23-26(20,21-5-6-22-26)24-9(11(14,15)16)10(25-26)12(17,18)19/h1-4H,5-6H2/q-1. The summed E-state index contributed by atoms with van der Waals surface area (Å²) in [5.74, 6) is -7.31. The summed E-state index contributed by atoms with van der Waals surface area (Å²) in [6, 6.07) is 2.81. The van der Waals surface area contributed by atoms with Crippen molar-refractivity contribution in [3.05, 3.63) is 41.6 Å². The number of halogens is 8. The van der Waals surface area contributed by atoms with Gasteiger partial charge in [0.25, 0.3) is 0 Å². The van der Waals surface area contributed by atoms with E-state index in [-0.39, 0.29) is 0 Å². The minimum atomic E-state index is -7.99. The first-order valence-electron chi connectivity index (χ1n) is 6.67. The van der Waals surface area contributed by atoms with Crippen LogP contribution in [0.5, 0.6) is 5.75 Å². The Hall–Kier alpha value is -1.85. The zero-order valence-electron chi connectivity index (χ0n) is 12.2. The second-order valence-corrected chi connectivity index (χ2v) is 8.38. The summed E-state index contributed by atoms with van der Waals surface area (Å²) < 4.78 is 128. The minimum absolute atomic E-state index is 0.698. The van der Waals surface area contributed by atoms with E-state index < -0.39 is 56.0 Å². The zero-order chi connectivity index (χ0) is 19.5. The van der Waals surface area contributed by atoms with Crippen LogP contribution in [0.1, 0.15) is 0 Å². The predicted molar refractivity (Wildman–Crippen MR) is 68.3 cm³/mol.